The fourth-order valence-corrected chi connectivity index (χ4v) is 2.92. The van der Waals surface area contributed by atoms with Crippen LogP contribution < -0.4 is 0 Å². The van der Waals surface area contributed by atoms with Gasteiger partial charge in [0, 0.05) is 19.2 Å². The zero-order valence-electron chi connectivity index (χ0n) is 14.1. The number of halogens is 2. The molecule has 0 aliphatic carbocycles. The summed E-state index contributed by atoms with van der Waals surface area (Å²) in [5.41, 5.74) is 0.703. The summed E-state index contributed by atoms with van der Waals surface area (Å²) in [6.45, 7) is 2.21. The summed E-state index contributed by atoms with van der Waals surface area (Å²) in [4.78, 5) is 23.8. The van der Waals surface area contributed by atoms with Crippen LogP contribution in [0.3, 0.4) is 0 Å². The number of ether oxygens (including phenoxy) is 1. The fourth-order valence-electron chi connectivity index (χ4n) is 2.01. The lowest BCUT2D eigenvalue weighted by Gasteiger charge is -2.23. The van der Waals surface area contributed by atoms with Crippen molar-refractivity contribution in [3.05, 3.63) is 29.8 Å². The van der Waals surface area contributed by atoms with Crippen LogP contribution >= 0.6 is 23.2 Å². The second-order valence-corrected chi connectivity index (χ2v) is 8.56. The van der Waals surface area contributed by atoms with E-state index in [9.17, 15) is 18.0 Å². The minimum absolute atomic E-state index is 0.0342. The van der Waals surface area contributed by atoms with Crippen molar-refractivity contribution >= 4 is 44.9 Å². The minimum atomic E-state index is -3.29. The number of hydrogen-bond donors (Lipinski definition) is 0. The Morgan fingerprint density at radius 1 is 1.20 bits per heavy atom. The van der Waals surface area contributed by atoms with E-state index in [1.54, 1.807) is 12.1 Å². The molecule has 0 saturated heterocycles. The van der Waals surface area contributed by atoms with Crippen molar-refractivity contribution in [1.82, 2.24) is 4.90 Å². The van der Waals surface area contributed by atoms with Gasteiger partial charge in [-0.1, -0.05) is 42.3 Å². The molecule has 0 heterocycles. The molecular formula is C16H21Cl2NO5S. The first-order valence-corrected chi connectivity index (χ1v) is 10.4. The number of carbonyl (C=O) groups is 2. The Balaban J connectivity index is 2.76. The lowest BCUT2D eigenvalue weighted by atomic mass is 10.2. The maximum absolute atomic E-state index is 12.1. The summed E-state index contributed by atoms with van der Waals surface area (Å²) >= 11 is 11.3. The van der Waals surface area contributed by atoms with Crippen LogP contribution in [0.1, 0.15) is 25.3 Å². The molecule has 1 amide bonds. The van der Waals surface area contributed by atoms with Crippen molar-refractivity contribution < 1.29 is 22.7 Å². The molecule has 1 aromatic carbocycles. The van der Waals surface area contributed by atoms with E-state index in [-0.39, 0.29) is 30.6 Å². The number of rotatable bonds is 9. The first-order chi connectivity index (χ1) is 11.6. The van der Waals surface area contributed by atoms with E-state index in [0.29, 0.717) is 18.4 Å². The van der Waals surface area contributed by atoms with Gasteiger partial charge in [-0.15, -0.1) is 0 Å². The minimum Gasteiger partial charge on any atom is -0.464 e. The monoisotopic (exact) mass is 409 g/mol. The summed E-state index contributed by atoms with van der Waals surface area (Å²) in [7, 11) is -3.29. The summed E-state index contributed by atoms with van der Waals surface area (Å²) in [6, 6.07) is 6.15. The molecule has 0 spiro atoms. The molecule has 1 rings (SSSR count). The van der Waals surface area contributed by atoms with Gasteiger partial charge in [0.1, 0.15) is 6.61 Å². The lowest BCUT2D eigenvalue weighted by Crippen LogP contribution is -2.37. The van der Waals surface area contributed by atoms with Gasteiger partial charge in [-0.05, 0) is 24.1 Å². The van der Waals surface area contributed by atoms with Crippen molar-refractivity contribution in [2.24, 2.45) is 0 Å². The van der Waals surface area contributed by atoms with Crippen LogP contribution in [0.2, 0.25) is 0 Å². The zero-order valence-corrected chi connectivity index (χ0v) is 16.4. The number of nitrogens with zero attached hydrogens (tertiary/aromatic N) is 1. The second-order valence-electron chi connectivity index (χ2n) is 5.45. The Morgan fingerprint density at radius 2 is 1.80 bits per heavy atom. The predicted molar refractivity (Wildman–Crippen MR) is 96.3 cm³/mol. The van der Waals surface area contributed by atoms with Gasteiger partial charge in [-0.2, -0.15) is 0 Å². The van der Waals surface area contributed by atoms with Crippen molar-refractivity contribution in [3.8, 4) is 0 Å². The van der Waals surface area contributed by atoms with Crippen LogP contribution in [0.4, 0.5) is 0 Å². The Bertz CT molecular complexity index is 689. The Morgan fingerprint density at radius 3 is 2.28 bits per heavy atom. The molecule has 0 aliphatic rings. The molecule has 25 heavy (non-hydrogen) atoms. The molecule has 6 nitrogen and oxygen atoms in total. The van der Waals surface area contributed by atoms with Crippen molar-refractivity contribution in [1.29, 1.82) is 0 Å². The number of hydrogen-bond acceptors (Lipinski definition) is 5. The molecule has 0 unspecified atom stereocenters. The average Bonchev–Trinajstić information content (AvgIpc) is 2.53. The van der Waals surface area contributed by atoms with Gasteiger partial charge in [0.15, 0.2) is 14.7 Å². The Labute approximate surface area is 158 Å². The van der Waals surface area contributed by atoms with E-state index >= 15 is 0 Å². The van der Waals surface area contributed by atoms with E-state index in [2.05, 4.69) is 0 Å². The van der Waals surface area contributed by atoms with Crippen LogP contribution in [0.25, 0.3) is 0 Å². The van der Waals surface area contributed by atoms with Gasteiger partial charge in [0.2, 0.25) is 0 Å². The predicted octanol–water partition coefficient (Wildman–Crippen LogP) is 2.57. The first-order valence-electron chi connectivity index (χ1n) is 7.66. The first kappa shape index (κ1) is 21.7. The van der Waals surface area contributed by atoms with Gasteiger partial charge in [0.25, 0.3) is 5.91 Å². The second kappa shape index (κ2) is 9.99. The number of alkyl halides is 2. The van der Waals surface area contributed by atoms with Gasteiger partial charge >= 0.3 is 5.97 Å². The Hall–Kier alpha value is -1.31. The Kier molecular flexibility index (Phi) is 8.68. The molecule has 0 atom stereocenters. The average molecular weight is 410 g/mol. The molecule has 140 valence electrons. The van der Waals surface area contributed by atoms with E-state index in [0.717, 1.165) is 6.26 Å². The molecule has 1 aromatic rings. The molecule has 0 fully saturated rings. The topological polar surface area (TPSA) is 80.8 Å². The highest BCUT2D eigenvalue weighted by molar-refractivity contribution is 7.90. The molecule has 0 N–H and O–H groups in total. The van der Waals surface area contributed by atoms with Crippen LogP contribution in [0.5, 0.6) is 0 Å². The zero-order chi connectivity index (χ0) is 19.0. The van der Waals surface area contributed by atoms with E-state index in [1.165, 1.54) is 17.0 Å². The molecular weight excluding hydrogens is 389 g/mol. The number of amides is 1. The summed E-state index contributed by atoms with van der Waals surface area (Å²) in [5.74, 6) is -0.845. The number of esters is 1. The number of sulfone groups is 1. The third kappa shape index (κ3) is 7.63. The maximum atomic E-state index is 12.1. The van der Waals surface area contributed by atoms with E-state index in [4.69, 9.17) is 27.9 Å². The highest BCUT2D eigenvalue weighted by Gasteiger charge is 2.21. The van der Waals surface area contributed by atoms with Crippen molar-refractivity contribution in [2.45, 2.75) is 36.0 Å². The summed E-state index contributed by atoms with van der Waals surface area (Å²) in [5, 5.41) is 0. The van der Waals surface area contributed by atoms with Gasteiger partial charge in [-0.3, -0.25) is 9.59 Å². The van der Waals surface area contributed by atoms with E-state index < -0.39 is 20.6 Å². The third-order valence-electron chi connectivity index (χ3n) is 3.30. The molecule has 0 aromatic heterocycles. The standard InChI is InChI=1S/C16H21Cl2NO5S/c1-3-4-14(20)24-10-9-19(16(21)15(17)18)11-12-5-7-13(8-6-12)25(2,22)23/h5-8,15H,3-4,9-11H2,1-2H3. The highest BCUT2D eigenvalue weighted by Crippen LogP contribution is 2.14. The van der Waals surface area contributed by atoms with E-state index in [1.807, 2.05) is 6.92 Å². The van der Waals surface area contributed by atoms with Crippen LogP contribution in [0, 0.1) is 0 Å². The smallest absolute Gasteiger partial charge is 0.305 e. The fraction of sp³-hybridized carbons (Fsp3) is 0.500. The van der Waals surface area contributed by atoms with Gasteiger partial charge < -0.3 is 9.64 Å². The van der Waals surface area contributed by atoms with Crippen LogP contribution in [0.15, 0.2) is 29.2 Å². The SMILES string of the molecule is CCCC(=O)OCCN(Cc1ccc(S(C)(=O)=O)cc1)C(=O)C(Cl)Cl. The van der Waals surface area contributed by atoms with Gasteiger partial charge in [-0.25, -0.2) is 8.42 Å². The van der Waals surface area contributed by atoms with Crippen LogP contribution in [-0.2, 0) is 30.7 Å². The maximum Gasteiger partial charge on any atom is 0.305 e. The largest absolute Gasteiger partial charge is 0.464 e. The molecule has 0 bridgehead atoms. The summed E-state index contributed by atoms with van der Waals surface area (Å²) in [6.07, 6.45) is 2.11. The molecule has 0 aliphatic heterocycles. The normalized spacial score (nSPS) is 11.4. The number of carbonyl (C=O) groups excluding carboxylic acids is 2. The molecule has 9 heteroatoms. The van der Waals surface area contributed by atoms with Crippen molar-refractivity contribution in [2.75, 3.05) is 19.4 Å². The summed E-state index contributed by atoms with van der Waals surface area (Å²) < 4.78 is 28.0. The highest BCUT2D eigenvalue weighted by atomic mass is 35.5. The third-order valence-corrected chi connectivity index (χ3v) is 4.80. The van der Waals surface area contributed by atoms with Crippen LogP contribution in [-0.4, -0.2) is 49.4 Å². The van der Waals surface area contributed by atoms with Crippen molar-refractivity contribution in [3.63, 3.8) is 0 Å². The lowest BCUT2D eigenvalue weighted by molar-refractivity contribution is -0.145. The molecule has 0 radical (unpaired) electrons. The molecule has 0 saturated carbocycles. The van der Waals surface area contributed by atoms with Gasteiger partial charge in [0.05, 0.1) is 11.4 Å². The quantitative estimate of drug-likeness (QED) is 0.462. The number of benzene rings is 1.